The predicted octanol–water partition coefficient (Wildman–Crippen LogP) is 6.46. The van der Waals surface area contributed by atoms with Crippen molar-refractivity contribution >= 4 is 17.3 Å². The van der Waals surface area contributed by atoms with Gasteiger partial charge in [-0.15, -0.1) is 0 Å². The van der Waals surface area contributed by atoms with Crippen molar-refractivity contribution in [3.63, 3.8) is 0 Å². The lowest BCUT2D eigenvalue weighted by Gasteiger charge is -2.10. The summed E-state index contributed by atoms with van der Waals surface area (Å²) in [5.41, 5.74) is 8.22. The molecule has 0 bridgehead atoms. The van der Waals surface area contributed by atoms with Crippen molar-refractivity contribution in [3.05, 3.63) is 95.3 Å². The number of nitrogen functional groups attached to an aromatic ring is 1. The van der Waals surface area contributed by atoms with E-state index in [1.807, 2.05) is 0 Å². The van der Waals surface area contributed by atoms with Crippen molar-refractivity contribution in [3.8, 4) is 23.3 Å². The van der Waals surface area contributed by atoms with E-state index in [-0.39, 0.29) is 29.2 Å². The molecular formula is C26H22F4N4O3. The molecule has 0 saturated carbocycles. The first kappa shape index (κ1) is 26.9. The quantitative estimate of drug-likeness (QED) is 0.297. The number of pyridine rings is 2. The number of halogens is 4. The van der Waals surface area contributed by atoms with Gasteiger partial charge in [-0.3, -0.25) is 4.79 Å². The molecule has 0 fully saturated rings. The average Bonchev–Trinajstić information content (AvgIpc) is 2.82. The maximum absolute atomic E-state index is 13.5. The van der Waals surface area contributed by atoms with Crippen LogP contribution in [-0.2, 0) is 4.79 Å². The second-order valence-corrected chi connectivity index (χ2v) is 7.75. The molecule has 2 heterocycles. The van der Waals surface area contributed by atoms with Gasteiger partial charge in [-0.1, -0.05) is 0 Å². The number of aryl methyl sites for hydroxylation is 2. The molecule has 0 radical (unpaired) electrons. The molecule has 0 unspecified atom stereocenters. The van der Waals surface area contributed by atoms with E-state index in [0.29, 0.717) is 11.4 Å². The van der Waals surface area contributed by atoms with Gasteiger partial charge in [-0.2, -0.15) is 0 Å². The molecule has 192 valence electrons. The largest absolute Gasteiger partial charge is 0.436 e. The Morgan fingerprint density at radius 3 is 1.73 bits per heavy atom. The summed E-state index contributed by atoms with van der Waals surface area (Å²) >= 11 is 0. The molecule has 4 aromatic rings. The molecule has 7 nitrogen and oxygen atoms in total. The van der Waals surface area contributed by atoms with Gasteiger partial charge in [0.1, 0.15) is 11.6 Å². The summed E-state index contributed by atoms with van der Waals surface area (Å²) in [6, 6.07) is 8.98. The Hall–Kier alpha value is -4.67. The first-order valence-corrected chi connectivity index (χ1v) is 10.7. The molecule has 4 rings (SSSR count). The summed E-state index contributed by atoms with van der Waals surface area (Å²) in [7, 11) is 0. The first-order valence-electron chi connectivity index (χ1n) is 10.7. The number of carbonyl (C=O) groups is 1. The zero-order valence-corrected chi connectivity index (χ0v) is 20.0. The smallest absolute Gasteiger partial charge is 0.221 e. The van der Waals surface area contributed by atoms with Crippen molar-refractivity contribution in [2.75, 3.05) is 11.1 Å². The van der Waals surface area contributed by atoms with Crippen LogP contribution in [-0.4, -0.2) is 15.9 Å². The van der Waals surface area contributed by atoms with E-state index >= 15 is 0 Å². The van der Waals surface area contributed by atoms with Crippen molar-refractivity contribution in [2.45, 2.75) is 20.8 Å². The highest BCUT2D eigenvalue weighted by Gasteiger charge is 2.10. The minimum absolute atomic E-state index is 0.0952. The standard InChI is InChI=1S/C14H12F2N2O2.C12H10F2N2O/c1-8-7-17-14(6-12(8)18-9(2)19)20-13-4-3-10(15)5-11(13)16;1-7-6-16-12(5-10(7)15)17-11-3-2-8(13)4-9(11)14/h3-7H,1-2H3,(H,17,18,19);2-6H,1H3,(H2,15,16). The summed E-state index contributed by atoms with van der Waals surface area (Å²) in [6.45, 7) is 4.94. The molecule has 1 amide bonds. The van der Waals surface area contributed by atoms with E-state index in [4.69, 9.17) is 15.2 Å². The van der Waals surface area contributed by atoms with Crippen molar-refractivity contribution in [1.29, 1.82) is 0 Å². The number of rotatable bonds is 5. The van der Waals surface area contributed by atoms with Gasteiger partial charge in [0, 0.05) is 49.3 Å². The van der Waals surface area contributed by atoms with Gasteiger partial charge in [0.2, 0.25) is 17.7 Å². The molecule has 0 aliphatic rings. The first-order chi connectivity index (χ1) is 17.5. The fourth-order valence-electron chi connectivity index (χ4n) is 2.80. The minimum Gasteiger partial charge on any atom is -0.436 e. The molecule has 11 heteroatoms. The predicted molar refractivity (Wildman–Crippen MR) is 130 cm³/mol. The summed E-state index contributed by atoms with van der Waals surface area (Å²) in [6.07, 6.45) is 3.01. The topological polar surface area (TPSA) is 99.4 Å². The van der Waals surface area contributed by atoms with Crippen LogP contribution in [0.5, 0.6) is 23.3 Å². The average molecular weight is 514 g/mol. The van der Waals surface area contributed by atoms with Gasteiger partial charge in [0.15, 0.2) is 23.1 Å². The van der Waals surface area contributed by atoms with Crippen molar-refractivity contribution in [2.24, 2.45) is 0 Å². The van der Waals surface area contributed by atoms with Crippen LogP contribution in [0.4, 0.5) is 28.9 Å². The van der Waals surface area contributed by atoms with Gasteiger partial charge in [0.25, 0.3) is 0 Å². The third kappa shape index (κ3) is 7.66. The molecule has 2 aromatic heterocycles. The number of benzene rings is 2. The highest BCUT2D eigenvalue weighted by atomic mass is 19.1. The molecule has 0 aliphatic carbocycles. The summed E-state index contributed by atoms with van der Waals surface area (Å²) < 4.78 is 62.6. The van der Waals surface area contributed by atoms with Crippen LogP contribution in [0.1, 0.15) is 18.1 Å². The van der Waals surface area contributed by atoms with Gasteiger partial charge >= 0.3 is 0 Å². The van der Waals surface area contributed by atoms with Gasteiger partial charge < -0.3 is 20.5 Å². The van der Waals surface area contributed by atoms with Crippen LogP contribution in [0.25, 0.3) is 0 Å². The van der Waals surface area contributed by atoms with Crippen LogP contribution in [0.15, 0.2) is 60.9 Å². The fraction of sp³-hybridized carbons (Fsp3) is 0.115. The number of carbonyl (C=O) groups excluding carboxylic acids is 1. The lowest BCUT2D eigenvalue weighted by Crippen LogP contribution is -2.07. The third-order valence-corrected chi connectivity index (χ3v) is 4.73. The number of amides is 1. The highest BCUT2D eigenvalue weighted by molar-refractivity contribution is 5.89. The Morgan fingerprint density at radius 2 is 1.27 bits per heavy atom. The van der Waals surface area contributed by atoms with E-state index in [0.717, 1.165) is 35.4 Å². The van der Waals surface area contributed by atoms with Gasteiger partial charge in [0.05, 0.1) is 5.69 Å². The Balaban J connectivity index is 0.000000208. The normalized spacial score (nSPS) is 10.2. The van der Waals surface area contributed by atoms with Crippen LogP contribution in [0.3, 0.4) is 0 Å². The Kier molecular flexibility index (Phi) is 8.62. The molecule has 2 aromatic carbocycles. The Bertz CT molecular complexity index is 1430. The lowest BCUT2D eigenvalue weighted by molar-refractivity contribution is -0.114. The molecule has 0 atom stereocenters. The highest BCUT2D eigenvalue weighted by Crippen LogP contribution is 2.27. The van der Waals surface area contributed by atoms with Crippen LogP contribution < -0.4 is 20.5 Å². The number of anilines is 2. The summed E-state index contributed by atoms with van der Waals surface area (Å²) in [5, 5.41) is 2.61. The molecule has 3 N–H and O–H groups in total. The zero-order valence-electron chi connectivity index (χ0n) is 20.0. The SMILES string of the molecule is CC(=O)Nc1cc(Oc2ccc(F)cc2F)ncc1C.Cc1cnc(Oc2ccc(F)cc2F)cc1N. The van der Waals surface area contributed by atoms with E-state index in [1.54, 1.807) is 13.8 Å². The molecule has 0 spiro atoms. The maximum Gasteiger partial charge on any atom is 0.221 e. The zero-order chi connectivity index (χ0) is 27.1. The molecular weight excluding hydrogens is 492 g/mol. The second kappa shape index (κ2) is 11.8. The maximum atomic E-state index is 13.5. The molecule has 37 heavy (non-hydrogen) atoms. The number of aromatic nitrogens is 2. The van der Waals surface area contributed by atoms with E-state index in [2.05, 4.69) is 15.3 Å². The van der Waals surface area contributed by atoms with Crippen molar-refractivity contribution < 1.29 is 31.8 Å². The van der Waals surface area contributed by atoms with Gasteiger partial charge in [-0.25, -0.2) is 27.5 Å². The monoisotopic (exact) mass is 514 g/mol. The van der Waals surface area contributed by atoms with Crippen LogP contribution in [0, 0.1) is 37.1 Å². The second-order valence-electron chi connectivity index (χ2n) is 7.75. The number of nitrogens with two attached hydrogens (primary N) is 1. The Labute approximate surface area is 209 Å². The summed E-state index contributed by atoms with van der Waals surface area (Å²) in [4.78, 5) is 19.0. The van der Waals surface area contributed by atoms with Crippen LogP contribution >= 0.6 is 0 Å². The Morgan fingerprint density at radius 1 is 0.784 bits per heavy atom. The molecule has 0 aliphatic heterocycles. The van der Waals surface area contributed by atoms with Crippen molar-refractivity contribution in [1.82, 2.24) is 9.97 Å². The van der Waals surface area contributed by atoms with E-state index in [9.17, 15) is 22.4 Å². The third-order valence-electron chi connectivity index (χ3n) is 4.73. The number of nitrogens with one attached hydrogen (secondary N) is 1. The number of hydrogen-bond donors (Lipinski definition) is 2. The van der Waals surface area contributed by atoms with Gasteiger partial charge in [-0.05, 0) is 49.2 Å². The number of ether oxygens (including phenoxy) is 2. The van der Waals surface area contributed by atoms with E-state index in [1.165, 1.54) is 43.6 Å². The minimum atomic E-state index is -0.826. The fourth-order valence-corrected chi connectivity index (χ4v) is 2.80. The lowest BCUT2D eigenvalue weighted by atomic mass is 10.2. The number of hydrogen-bond acceptors (Lipinski definition) is 6. The van der Waals surface area contributed by atoms with E-state index < -0.39 is 23.3 Å². The number of nitrogens with zero attached hydrogens (tertiary/aromatic N) is 2. The molecule has 0 saturated heterocycles. The summed E-state index contributed by atoms with van der Waals surface area (Å²) in [5.74, 6) is -3.17. The van der Waals surface area contributed by atoms with Crippen LogP contribution in [0.2, 0.25) is 0 Å².